The number of nitrogens with two attached hydrogens (primary N) is 1. The number of rotatable bonds is 5. The molecule has 0 amide bonds. The van der Waals surface area contributed by atoms with Crippen molar-refractivity contribution in [3.05, 3.63) is 6.07 Å². The molecule has 3 heterocycles. The van der Waals surface area contributed by atoms with Crippen molar-refractivity contribution >= 4 is 17.6 Å². The van der Waals surface area contributed by atoms with Crippen LogP contribution in [0.4, 0.5) is 17.6 Å². The van der Waals surface area contributed by atoms with E-state index >= 15 is 0 Å². The number of aromatic nitrogens is 2. The quantitative estimate of drug-likeness (QED) is 0.829. The molecule has 0 aromatic carbocycles. The maximum Gasteiger partial charge on any atom is 0.223 e. The molecule has 4 rings (SSSR count). The number of hydrogen-bond acceptors (Lipinski definition) is 7. The third-order valence-electron chi connectivity index (χ3n) is 5.79. The van der Waals surface area contributed by atoms with Gasteiger partial charge in [-0.1, -0.05) is 12.8 Å². The van der Waals surface area contributed by atoms with E-state index < -0.39 is 0 Å². The molecule has 3 fully saturated rings. The number of aliphatic hydroxyl groups excluding tert-OH is 1. The Bertz CT molecular complexity index is 603. The highest BCUT2D eigenvalue weighted by Gasteiger charge is 2.40. The number of aliphatic hydroxyl groups is 1. The monoisotopic (exact) mass is 347 g/mol. The minimum atomic E-state index is 0.0122. The van der Waals surface area contributed by atoms with Crippen LogP contribution in [0.3, 0.4) is 0 Å². The third-order valence-corrected chi connectivity index (χ3v) is 5.79. The molecule has 138 valence electrons. The summed E-state index contributed by atoms with van der Waals surface area (Å²) in [7, 11) is 0. The van der Waals surface area contributed by atoms with Gasteiger partial charge < -0.3 is 25.4 Å². The summed E-state index contributed by atoms with van der Waals surface area (Å²) >= 11 is 0. The lowest BCUT2D eigenvalue weighted by Crippen LogP contribution is -2.46. The molecule has 2 saturated heterocycles. The van der Waals surface area contributed by atoms with Gasteiger partial charge in [0.15, 0.2) is 0 Å². The van der Waals surface area contributed by atoms with Gasteiger partial charge in [0.05, 0.1) is 19.8 Å². The summed E-state index contributed by atoms with van der Waals surface area (Å²) in [5, 5.41) is 10.1. The topological polar surface area (TPSA) is 87.7 Å². The number of morpholine rings is 1. The van der Waals surface area contributed by atoms with Crippen LogP contribution in [0.25, 0.3) is 0 Å². The van der Waals surface area contributed by atoms with Crippen LogP contribution in [-0.2, 0) is 4.74 Å². The number of piperidine rings is 1. The Balaban J connectivity index is 1.54. The zero-order valence-electron chi connectivity index (χ0n) is 14.9. The second-order valence-electron chi connectivity index (χ2n) is 7.87. The van der Waals surface area contributed by atoms with Crippen molar-refractivity contribution in [3.8, 4) is 0 Å². The summed E-state index contributed by atoms with van der Waals surface area (Å²) < 4.78 is 5.43. The van der Waals surface area contributed by atoms with Crippen molar-refractivity contribution in [2.45, 2.75) is 32.1 Å². The molecule has 1 aliphatic carbocycles. The van der Waals surface area contributed by atoms with E-state index in [1.54, 1.807) is 0 Å². The van der Waals surface area contributed by atoms with E-state index in [2.05, 4.69) is 19.8 Å². The van der Waals surface area contributed by atoms with E-state index in [1.807, 2.05) is 6.07 Å². The van der Waals surface area contributed by atoms with Gasteiger partial charge in [0.1, 0.15) is 11.6 Å². The molecular weight excluding hydrogens is 318 g/mol. The van der Waals surface area contributed by atoms with Gasteiger partial charge in [-0.3, -0.25) is 0 Å². The summed E-state index contributed by atoms with van der Waals surface area (Å²) in [6, 6.07) is 2.05. The molecule has 0 spiro atoms. The summed E-state index contributed by atoms with van der Waals surface area (Å²) in [6.07, 6.45) is 5.97. The van der Waals surface area contributed by atoms with Crippen LogP contribution in [0.5, 0.6) is 0 Å². The van der Waals surface area contributed by atoms with Gasteiger partial charge in [0, 0.05) is 37.7 Å². The normalized spacial score (nSPS) is 27.6. The van der Waals surface area contributed by atoms with Crippen molar-refractivity contribution in [2.24, 2.45) is 11.3 Å². The first kappa shape index (κ1) is 16.8. The Hall–Kier alpha value is -1.60. The number of anilines is 3. The molecule has 0 bridgehead atoms. The first-order chi connectivity index (χ1) is 12.2. The molecule has 3 N–H and O–H groups in total. The highest BCUT2D eigenvalue weighted by Crippen LogP contribution is 2.45. The highest BCUT2D eigenvalue weighted by molar-refractivity contribution is 5.54. The minimum absolute atomic E-state index is 0.0122. The van der Waals surface area contributed by atoms with Crippen LogP contribution in [0.1, 0.15) is 32.1 Å². The summed E-state index contributed by atoms with van der Waals surface area (Å²) in [5.74, 6) is 2.91. The number of nitrogen functional groups attached to an aromatic ring is 1. The Morgan fingerprint density at radius 3 is 2.56 bits per heavy atom. The Labute approximate surface area is 149 Å². The zero-order valence-corrected chi connectivity index (χ0v) is 14.9. The molecule has 7 heteroatoms. The van der Waals surface area contributed by atoms with Crippen LogP contribution in [0, 0.1) is 11.3 Å². The second kappa shape index (κ2) is 6.96. The van der Waals surface area contributed by atoms with Crippen LogP contribution >= 0.6 is 0 Å². The Kier molecular flexibility index (Phi) is 4.69. The highest BCUT2D eigenvalue weighted by atomic mass is 16.5. The molecule has 3 aliphatic rings. The van der Waals surface area contributed by atoms with Crippen molar-refractivity contribution in [1.82, 2.24) is 9.97 Å². The number of nitrogens with zero attached hydrogens (tertiary/aromatic N) is 4. The summed E-state index contributed by atoms with van der Waals surface area (Å²) in [6.45, 7) is 5.19. The molecule has 0 radical (unpaired) electrons. The summed E-state index contributed by atoms with van der Waals surface area (Å²) in [4.78, 5) is 13.4. The fourth-order valence-corrected chi connectivity index (χ4v) is 4.25. The van der Waals surface area contributed by atoms with Gasteiger partial charge in [0.25, 0.3) is 0 Å². The molecule has 1 aromatic rings. The standard InChI is InChI=1S/C18H29N5O2/c19-17-20-15(22-6-8-25-9-7-22)10-16(21-17)23-5-1-4-18(12-23,13-24)11-14-2-3-14/h10,14,24H,1-9,11-13H2,(H2,19,20,21). The van der Waals surface area contributed by atoms with Crippen LogP contribution in [0.2, 0.25) is 0 Å². The van der Waals surface area contributed by atoms with Gasteiger partial charge in [0.2, 0.25) is 5.95 Å². The van der Waals surface area contributed by atoms with E-state index in [-0.39, 0.29) is 12.0 Å². The molecule has 1 saturated carbocycles. The van der Waals surface area contributed by atoms with Crippen LogP contribution in [-0.4, -0.2) is 61.1 Å². The van der Waals surface area contributed by atoms with E-state index in [0.717, 1.165) is 76.2 Å². The molecule has 1 unspecified atom stereocenters. The average molecular weight is 347 g/mol. The maximum atomic E-state index is 10.1. The maximum absolute atomic E-state index is 10.1. The fraction of sp³-hybridized carbons (Fsp3) is 0.778. The van der Waals surface area contributed by atoms with Crippen LogP contribution in [0.15, 0.2) is 6.07 Å². The first-order valence-corrected chi connectivity index (χ1v) is 9.51. The van der Waals surface area contributed by atoms with Crippen molar-refractivity contribution in [1.29, 1.82) is 0 Å². The molecule has 2 aliphatic heterocycles. The van der Waals surface area contributed by atoms with E-state index in [0.29, 0.717) is 5.95 Å². The van der Waals surface area contributed by atoms with Gasteiger partial charge >= 0.3 is 0 Å². The predicted molar refractivity (Wildman–Crippen MR) is 97.8 cm³/mol. The smallest absolute Gasteiger partial charge is 0.223 e. The lowest BCUT2D eigenvalue weighted by molar-refractivity contribution is 0.0901. The average Bonchev–Trinajstić information content (AvgIpc) is 3.46. The van der Waals surface area contributed by atoms with E-state index in [1.165, 1.54) is 12.8 Å². The van der Waals surface area contributed by atoms with Gasteiger partial charge in [-0.05, 0) is 25.2 Å². The minimum Gasteiger partial charge on any atom is -0.396 e. The molecule has 1 atom stereocenters. The SMILES string of the molecule is Nc1nc(N2CCOCC2)cc(N2CCCC(CO)(CC3CC3)C2)n1. The first-order valence-electron chi connectivity index (χ1n) is 9.51. The number of ether oxygens (including phenoxy) is 1. The lowest BCUT2D eigenvalue weighted by atomic mass is 9.76. The van der Waals surface area contributed by atoms with Gasteiger partial charge in [-0.25, -0.2) is 0 Å². The fourth-order valence-electron chi connectivity index (χ4n) is 4.25. The molecule has 25 heavy (non-hydrogen) atoms. The van der Waals surface area contributed by atoms with E-state index in [9.17, 15) is 5.11 Å². The Morgan fingerprint density at radius 2 is 1.88 bits per heavy atom. The van der Waals surface area contributed by atoms with E-state index in [4.69, 9.17) is 10.5 Å². The largest absolute Gasteiger partial charge is 0.396 e. The molecule has 1 aromatic heterocycles. The van der Waals surface area contributed by atoms with Crippen molar-refractivity contribution < 1.29 is 9.84 Å². The van der Waals surface area contributed by atoms with Crippen LogP contribution < -0.4 is 15.5 Å². The lowest BCUT2D eigenvalue weighted by Gasteiger charge is -2.43. The zero-order chi connectivity index (χ0) is 17.3. The second-order valence-corrected chi connectivity index (χ2v) is 7.87. The number of hydrogen-bond donors (Lipinski definition) is 2. The molecule has 7 nitrogen and oxygen atoms in total. The van der Waals surface area contributed by atoms with Gasteiger partial charge in [-0.15, -0.1) is 0 Å². The summed E-state index contributed by atoms with van der Waals surface area (Å²) in [5.41, 5.74) is 6.02. The third kappa shape index (κ3) is 3.82. The van der Waals surface area contributed by atoms with Crippen molar-refractivity contribution in [2.75, 3.05) is 61.5 Å². The Morgan fingerprint density at radius 1 is 1.16 bits per heavy atom. The van der Waals surface area contributed by atoms with Crippen molar-refractivity contribution in [3.63, 3.8) is 0 Å². The van der Waals surface area contributed by atoms with Gasteiger partial charge in [-0.2, -0.15) is 9.97 Å². The molecular formula is C18H29N5O2. The predicted octanol–water partition coefficient (Wildman–Crippen LogP) is 1.27.